The molecule has 0 saturated carbocycles. The van der Waals surface area contributed by atoms with Crippen LogP contribution in [0.1, 0.15) is 309 Å². The molecule has 0 aliphatic rings. The van der Waals surface area contributed by atoms with Crippen molar-refractivity contribution in [3.05, 3.63) is 60.8 Å². The lowest BCUT2D eigenvalue weighted by molar-refractivity contribution is -0.870. The molecule has 460 valence electrons. The number of hydrogen-bond acceptors (Lipinski definition) is 7. The van der Waals surface area contributed by atoms with Crippen LogP contribution in [0.5, 0.6) is 0 Å². The number of carbonyl (C=O) groups is 3. The van der Waals surface area contributed by atoms with Gasteiger partial charge in [-0.2, -0.15) is 0 Å². The fourth-order valence-electron chi connectivity index (χ4n) is 9.69. The number of hydrogen-bond donors (Lipinski definition) is 1. The summed E-state index contributed by atoms with van der Waals surface area (Å²) in [6, 6.07) is 0. The van der Waals surface area contributed by atoms with Gasteiger partial charge in [0.05, 0.1) is 34.4 Å². The van der Waals surface area contributed by atoms with Gasteiger partial charge in [0, 0.05) is 12.8 Å². The van der Waals surface area contributed by atoms with Crippen molar-refractivity contribution in [3.8, 4) is 0 Å². The number of rotatable bonds is 62. The van der Waals surface area contributed by atoms with Crippen LogP contribution in [0.15, 0.2) is 60.8 Å². The minimum Gasteiger partial charge on any atom is -0.477 e. The molecule has 9 heteroatoms. The molecule has 0 aliphatic heterocycles. The molecule has 0 rings (SSSR count). The second kappa shape index (κ2) is 61.1. The van der Waals surface area contributed by atoms with E-state index in [9.17, 15) is 19.5 Å². The summed E-state index contributed by atoms with van der Waals surface area (Å²) in [5.74, 6) is -1.98. The average Bonchev–Trinajstić information content (AvgIpc) is 3.42. The van der Waals surface area contributed by atoms with Crippen molar-refractivity contribution in [1.82, 2.24) is 0 Å². The molecular formula is C70H128NO8+. The van der Waals surface area contributed by atoms with E-state index in [-0.39, 0.29) is 38.2 Å². The van der Waals surface area contributed by atoms with E-state index >= 15 is 0 Å². The Balaban J connectivity index is 4.01. The maximum atomic E-state index is 12.9. The van der Waals surface area contributed by atoms with E-state index in [1.54, 1.807) is 0 Å². The zero-order chi connectivity index (χ0) is 57.6. The Morgan fingerprint density at radius 3 is 1.08 bits per heavy atom. The van der Waals surface area contributed by atoms with Crippen LogP contribution < -0.4 is 0 Å². The summed E-state index contributed by atoms with van der Waals surface area (Å²) < 4.78 is 23.0. The van der Waals surface area contributed by atoms with Crippen molar-refractivity contribution < 1.29 is 42.9 Å². The normalized spacial score (nSPS) is 13.1. The van der Waals surface area contributed by atoms with Crippen molar-refractivity contribution in [1.29, 1.82) is 0 Å². The van der Waals surface area contributed by atoms with Crippen molar-refractivity contribution in [2.75, 3.05) is 47.5 Å². The van der Waals surface area contributed by atoms with Crippen LogP contribution in [0.2, 0.25) is 0 Å². The third kappa shape index (κ3) is 62.4. The molecule has 0 amide bonds. The van der Waals surface area contributed by atoms with Crippen molar-refractivity contribution in [3.63, 3.8) is 0 Å². The Hall–Kier alpha value is -3.01. The molecular weight excluding hydrogens is 983 g/mol. The van der Waals surface area contributed by atoms with Gasteiger partial charge in [0.25, 0.3) is 6.29 Å². The molecule has 0 aliphatic carbocycles. The van der Waals surface area contributed by atoms with Crippen molar-refractivity contribution >= 4 is 17.9 Å². The van der Waals surface area contributed by atoms with Crippen LogP contribution in [-0.2, 0) is 33.3 Å². The number of ether oxygens (including phenoxy) is 4. The Kier molecular flexibility index (Phi) is 58.7. The molecule has 0 radical (unpaired) electrons. The monoisotopic (exact) mass is 1110 g/mol. The van der Waals surface area contributed by atoms with E-state index in [4.69, 9.17) is 18.9 Å². The number of quaternary nitrogens is 1. The number of likely N-dealkylation sites (N-methyl/N-ethyl adjacent to an activating group) is 1. The van der Waals surface area contributed by atoms with Gasteiger partial charge in [-0.1, -0.05) is 299 Å². The Morgan fingerprint density at radius 1 is 0.392 bits per heavy atom. The van der Waals surface area contributed by atoms with Gasteiger partial charge in [-0.25, -0.2) is 4.79 Å². The standard InChI is InChI=1S/C70H127NO8/c1-6-8-10-12-14-16-18-20-22-24-25-26-27-28-29-30-31-32-33-34-35-36-37-38-39-40-41-42-43-45-47-49-51-53-55-57-59-61-68(73)79-66(65-78-70(69(74)75)76-63-62-71(3,4)5)64-77-67(72)60-58-56-54-52-50-48-46-44-23-21-19-17-15-13-11-9-7-2/h8,10,14,16,20,22,25-26,28-29,66,70H,6-7,9,11-13,15,17-19,21,23-24,27,30-65H2,1-5H3/p+1/b10-8-,16-14-,22-20-,26-25-,29-28-. The second-order valence-corrected chi connectivity index (χ2v) is 23.8. The Labute approximate surface area is 488 Å². The predicted molar refractivity (Wildman–Crippen MR) is 336 cm³/mol. The van der Waals surface area contributed by atoms with Crippen molar-refractivity contribution in [2.45, 2.75) is 322 Å². The summed E-state index contributed by atoms with van der Waals surface area (Å²) in [7, 11) is 5.98. The van der Waals surface area contributed by atoms with Gasteiger partial charge >= 0.3 is 17.9 Å². The van der Waals surface area contributed by atoms with Gasteiger partial charge in [0.1, 0.15) is 13.2 Å². The van der Waals surface area contributed by atoms with Gasteiger partial charge in [0.15, 0.2) is 6.10 Å². The van der Waals surface area contributed by atoms with Crippen LogP contribution in [0.3, 0.4) is 0 Å². The molecule has 2 unspecified atom stereocenters. The van der Waals surface area contributed by atoms with E-state index in [2.05, 4.69) is 74.6 Å². The average molecular weight is 1110 g/mol. The molecule has 0 bridgehead atoms. The molecule has 0 aromatic heterocycles. The minimum absolute atomic E-state index is 0.177. The smallest absolute Gasteiger partial charge is 0.361 e. The van der Waals surface area contributed by atoms with Crippen LogP contribution in [0, 0.1) is 0 Å². The molecule has 2 atom stereocenters. The van der Waals surface area contributed by atoms with Gasteiger partial charge < -0.3 is 28.5 Å². The zero-order valence-electron chi connectivity index (χ0n) is 52.5. The summed E-state index contributed by atoms with van der Waals surface area (Å²) in [5.41, 5.74) is 0. The number of nitrogens with zero attached hydrogens (tertiary/aromatic N) is 1. The van der Waals surface area contributed by atoms with E-state index < -0.39 is 18.4 Å². The van der Waals surface area contributed by atoms with Crippen LogP contribution >= 0.6 is 0 Å². The van der Waals surface area contributed by atoms with Gasteiger partial charge in [-0.3, -0.25) is 9.59 Å². The minimum atomic E-state index is -1.51. The largest absolute Gasteiger partial charge is 0.477 e. The fraction of sp³-hybridized carbons (Fsp3) is 0.814. The zero-order valence-corrected chi connectivity index (χ0v) is 52.5. The Bertz CT molecular complexity index is 1480. The number of esters is 2. The van der Waals surface area contributed by atoms with E-state index in [1.807, 2.05) is 21.1 Å². The first kappa shape index (κ1) is 76.0. The topological polar surface area (TPSA) is 108 Å². The molecule has 0 spiro atoms. The molecule has 9 nitrogen and oxygen atoms in total. The molecule has 0 aromatic carbocycles. The highest BCUT2D eigenvalue weighted by Crippen LogP contribution is 2.18. The number of allylic oxidation sites excluding steroid dienone is 10. The molecule has 1 N–H and O–H groups in total. The van der Waals surface area contributed by atoms with Crippen LogP contribution in [0.25, 0.3) is 0 Å². The molecule has 79 heavy (non-hydrogen) atoms. The Morgan fingerprint density at radius 2 is 0.722 bits per heavy atom. The van der Waals surface area contributed by atoms with E-state index in [0.29, 0.717) is 17.4 Å². The molecule has 0 aromatic rings. The third-order valence-corrected chi connectivity index (χ3v) is 14.8. The molecule has 0 heterocycles. The molecule has 0 saturated heterocycles. The second-order valence-electron chi connectivity index (χ2n) is 23.8. The van der Waals surface area contributed by atoms with Crippen LogP contribution in [0.4, 0.5) is 0 Å². The summed E-state index contributed by atoms with van der Waals surface area (Å²) >= 11 is 0. The lowest BCUT2D eigenvalue weighted by Crippen LogP contribution is -2.40. The number of carboxylic acid groups (broad SMARTS) is 1. The lowest BCUT2D eigenvalue weighted by Gasteiger charge is -2.25. The maximum Gasteiger partial charge on any atom is 0.361 e. The number of aliphatic carboxylic acids is 1. The van der Waals surface area contributed by atoms with E-state index in [1.165, 1.54) is 212 Å². The first-order valence-corrected chi connectivity index (χ1v) is 33.5. The van der Waals surface area contributed by atoms with Crippen LogP contribution in [-0.4, -0.2) is 87.4 Å². The third-order valence-electron chi connectivity index (χ3n) is 14.8. The number of carbonyl (C=O) groups excluding carboxylic acids is 2. The first-order chi connectivity index (χ1) is 38.6. The lowest BCUT2D eigenvalue weighted by atomic mass is 10.0. The summed E-state index contributed by atoms with van der Waals surface area (Å²) in [5, 5.41) is 9.72. The maximum absolute atomic E-state index is 12.9. The van der Waals surface area contributed by atoms with Gasteiger partial charge in [-0.05, 0) is 57.8 Å². The quantitative estimate of drug-likeness (QED) is 0.0211. The highest BCUT2D eigenvalue weighted by Gasteiger charge is 2.25. The van der Waals surface area contributed by atoms with Gasteiger partial charge in [-0.15, -0.1) is 0 Å². The number of unbranched alkanes of at least 4 members (excludes halogenated alkanes) is 37. The van der Waals surface area contributed by atoms with Crippen molar-refractivity contribution in [2.24, 2.45) is 0 Å². The summed E-state index contributed by atoms with van der Waals surface area (Å²) in [6.45, 7) is 4.81. The summed E-state index contributed by atoms with van der Waals surface area (Å²) in [6.07, 6.45) is 76.2. The predicted octanol–water partition coefficient (Wildman–Crippen LogP) is 20.4. The molecule has 0 fully saturated rings. The van der Waals surface area contributed by atoms with E-state index in [0.717, 1.165) is 70.6 Å². The fourth-order valence-corrected chi connectivity index (χ4v) is 9.69. The summed E-state index contributed by atoms with van der Waals surface area (Å²) in [4.78, 5) is 37.5. The van der Waals surface area contributed by atoms with Gasteiger partial charge in [0.2, 0.25) is 0 Å². The first-order valence-electron chi connectivity index (χ1n) is 33.5. The highest BCUT2D eigenvalue weighted by molar-refractivity contribution is 5.71. The number of carboxylic acids is 1. The highest BCUT2D eigenvalue weighted by atomic mass is 16.7. The SMILES string of the molecule is CC/C=C\C/C=C\C/C=C\C/C=C\C/C=C\CCCCCCCCCCCCCCCCCCCCCCCC(=O)OC(COC(=O)CCCCCCCCCCCCCCCCCCC)COC(OCC[N+](C)(C)C)C(=O)O.